The first kappa shape index (κ1) is 14.1. The summed E-state index contributed by atoms with van der Waals surface area (Å²) in [5, 5.41) is 4.45. The van der Waals surface area contributed by atoms with Crippen molar-refractivity contribution in [3.05, 3.63) is 45.9 Å². The standard InChI is InChI=1S/C14H16BrFN2O/c1-3-11-8-12(18(4-2)17-11)9-19-14-7-10(16)5-6-13(14)15/h5-8H,3-4,9H2,1-2H3. The van der Waals surface area contributed by atoms with Gasteiger partial charge in [0.05, 0.1) is 15.9 Å². The van der Waals surface area contributed by atoms with Crippen LogP contribution in [-0.4, -0.2) is 9.78 Å². The Morgan fingerprint density at radius 2 is 2.11 bits per heavy atom. The fourth-order valence-corrected chi connectivity index (χ4v) is 2.18. The highest BCUT2D eigenvalue weighted by Gasteiger charge is 2.08. The fraction of sp³-hybridized carbons (Fsp3) is 0.357. The number of benzene rings is 1. The molecule has 0 unspecified atom stereocenters. The van der Waals surface area contributed by atoms with Crippen LogP contribution in [0.15, 0.2) is 28.7 Å². The second-order valence-electron chi connectivity index (χ2n) is 4.16. The molecule has 5 heteroatoms. The molecule has 0 spiro atoms. The minimum atomic E-state index is -0.309. The van der Waals surface area contributed by atoms with Crippen LogP contribution in [0.25, 0.3) is 0 Å². The molecular formula is C14H16BrFN2O. The van der Waals surface area contributed by atoms with Crippen LogP contribution >= 0.6 is 15.9 Å². The Bertz CT molecular complexity index is 569. The van der Waals surface area contributed by atoms with E-state index in [0.717, 1.165) is 28.8 Å². The molecule has 0 N–H and O–H groups in total. The lowest BCUT2D eigenvalue weighted by atomic mass is 10.3. The van der Waals surface area contributed by atoms with Gasteiger partial charge < -0.3 is 4.74 Å². The van der Waals surface area contributed by atoms with Gasteiger partial charge in [-0.15, -0.1) is 0 Å². The van der Waals surface area contributed by atoms with E-state index in [-0.39, 0.29) is 5.82 Å². The van der Waals surface area contributed by atoms with Crippen LogP contribution in [0.5, 0.6) is 5.75 Å². The Balaban J connectivity index is 2.13. The van der Waals surface area contributed by atoms with Crippen molar-refractivity contribution in [2.45, 2.75) is 33.4 Å². The van der Waals surface area contributed by atoms with Crippen LogP contribution < -0.4 is 4.74 Å². The third-order valence-electron chi connectivity index (χ3n) is 2.84. The molecule has 2 rings (SSSR count). The van der Waals surface area contributed by atoms with E-state index in [1.54, 1.807) is 6.07 Å². The van der Waals surface area contributed by atoms with E-state index in [4.69, 9.17) is 4.74 Å². The Morgan fingerprint density at radius 1 is 1.32 bits per heavy atom. The number of rotatable bonds is 5. The van der Waals surface area contributed by atoms with Gasteiger partial charge in [0.2, 0.25) is 0 Å². The summed E-state index contributed by atoms with van der Waals surface area (Å²) in [6.45, 7) is 5.27. The van der Waals surface area contributed by atoms with Crippen molar-refractivity contribution >= 4 is 15.9 Å². The van der Waals surface area contributed by atoms with E-state index in [9.17, 15) is 4.39 Å². The summed E-state index contributed by atoms with van der Waals surface area (Å²) in [6, 6.07) is 6.43. The Labute approximate surface area is 120 Å². The van der Waals surface area contributed by atoms with Crippen LogP contribution in [-0.2, 0) is 19.6 Å². The zero-order valence-electron chi connectivity index (χ0n) is 11.0. The van der Waals surface area contributed by atoms with Crippen LogP contribution in [0, 0.1) is 5.82 Å². The summed E-state index contributed by atoms with van der Waals surface area (Å²) in [6.07, 6.45) is 0.893. The van der Waals surface area contributed by atoms with Gasteiger partial charge in [0, 0.05) is 12.6 Å². The molecule has 0 bridgehead atoms. The average Bonchev–Trinajstić information content (AvgIpc) is 2.82. The minimum absolute atomic E-state index is 0.309. The van der Waals surface area contributed by atoms with E-state index in [0.29, 0.717) is 12.4 Å². The normalized spacial score (nSPS) is 10.7. The molecule has 0 radical (unpaired) electrons. The molecule has 0 atom stereocenters. The number of hydrogen-bond acceptors (Lipinski definition) is 2. The van der Waals surface area contributed by atoms with E-state index in [1.165, 1.54) is 12.1 Å². The largest absolute Gasteiger partial charge is 0.486 e. The number of halogens is 2. The second-order valence-corrected chi connectivity index (χ2v) is 5.01. The van der Waals surface area contributed by atoms with Crippen LogP contribution in [0.3, 0.4) is 0 Å². The van der Waals surface area contributed by atoms with Crippen LogP contribution in [0.2, 0.25) is 0 Å². The molecule has 0 aliphatic heterocycles. The van der Waals surface area contributed by atoms with Gasteiger partial charge in [-0.05, 0) is 47.5 Å². The van der Waals surface area contributed by atoms with Crippen molar-refractivity contribution in [3.63, 3.8) is 0 Å². The quantitative estimate of drug-likeness (QED) is 0.831. The topological polar surface area (TPSA) is 27.1 Å². The Hall–Kier alpha value is -1.36. The van der Waals surface area contributed by atoms with Gasteiger partial charge >= 0.3 is 0 Å². The summed E-state index contributed by atoms with van der Waals surface area (Å²) >= 11 is 3.34. The van der Waals surface area contributed by atoms with Gasteiger partial charge in [-0.25, -0.2) is 4.39 Å². The zero-order valence-corrected chi connectivity index (χ0v) is 12.6. The van der Waals surface area contributed by atoms with Crippen molar-refractivity contribution in [1.29, 1.82) is 0 Å². The lowest BCUT2D eigenvalue weighted by Crippen LogP contribution is -2.06. The predicted octanol–water partition coefficient (Wildman–Crippen LogP) is 3.95. The van der Waals surface area contributed by atoms with E-state index in [1.807, 2.05) is 17.7 Å². The molecular weight excluding hydrogens is 311 g/mol. The number of aryl methyl sites for hydroxylation is 2. The van der Waals surface area contributed by atoms with Gasteiger partial charge in [-0.3, -0.25) is 4.68 Å². The summed E-state index contributed by atoms with van der Waals surface area (Å²) in [5.41, 5.74) is 2.04. The van der Waals surface area contributed by atoms with Crippen molar-refractivity contribution in [2.24, 2.45) is 0 Å². The summed E-state index contributed by atoms with van der Waals surface area (Å²) < 4.78 is 21.5. The molecule has 2 aromatic rings. The van der Waals surface area contributed by atoms with Gasteiger partial charge in [0.1, 0.15) is 18.2 Å². The lowest BCUT2D eigenvalue weighted by molar-refractivity contribution is 0.289. The average molecular weight is 327 g/mol. The van der Waals surface area contributed by atoms with Crippen LogP contribution in [0.1, 0.15) is 25.2 Å². The monoisotopic (exact) mass is 326 g/mol. The zero-order chi connectivity index (χ0) is 13.8. The molecule has 0 aliphatic rings. The molecule has 0 amide bonds. The molecule has 0 aliphatic carbocycles. The Kier molecular flexibility index (Phi) is 4.58. The highest BCUT2D eigenvalue weighted by atomic mass is 79.9. The predicted molar refractivity (Wildman–Crippen MR) is 75.7 cm³/mol. The smallest absolute Gasteiger partial charge is 0.136 e. The number of hydrogen-bond donors (Lipinski definition) is 0. The maximum Gasteiger partial charge on any atom is 0.136 e. The van der Waals surface area contributed by atoms with Gasteiger partial charge in [-0.2, -0.15) is 5.10 Å². The fourth-order valence-electron chi connectivity index (χ4n) is 1.82. The van der Waals surface area contributed by atoms with Gasteiger partial charge in [-0.1, -0.05) is 6.92 Å². The highest BCUT2D eigenvalue weighted by Crippen LogP contribution is 2.26. The lowest BCUT2D eigenvalue weighted by Gasteiger charge is -2.09. The molecule has 19 heavy (non-hydrogen) atoms. The molecule has 1 aromatic heterocycles. The second kappa shape index (κ2) is 6.19. The minimum Gasteiger partial charge on any atom is -0.486 e. The Morgan fingerprint density at radius 3 is 2.79 bits per heavy atom. The molecule has 0 fully saturated rings. The number of aromatic nitrogens is 2. The molecule has 0 saturated heterocycles. The molecule has 102 valence electrons. The number of nitrogens with zero attached hydrogens (tertiary/aromatic N) is 2. The first-order valence-electron chi connectivity index (χ1n) is 6.27. The highest BCUT2D eigenvalue weighted by molar-refractivity contribution is 9.10. The maximum absolute atomic E-state index is 13.2. The maximum atomic E-state index is 13.2. The van der Waals surface area contributed by atoms with Crippen molar-refractivity contribution in [1.82, 2.24) is 9.78 Å². The van der Waals surface area contributed by atoms with Crippen molar-refractivity contribution in [2.75, 3.05) is 0 Å². The van der Waals surface area contributed by atoms with Gasteiger partial charge in [0.15, 0.2) is 0 Å². The van der Waals surface area contributed by atoms with Crippen molar-refractivity contribution in [3.8, 4) is 5.75 Å². The summed E-state index contributed by atoms with van der Waals surface area (Å²) in [4.78, 5) is 0. The first-order chi connectivity index (χ1) is 9.13. The first-order valence-corrected chi connectivity index (χ1v) is 7.06. The molecule has 1 heterocycles. The third kappa shape index (κ3) is 3.35. The number of ether oxygens (including phenoxy) is 1. The SMILES string of the molecule is CCc1cc(COc2cc(F)ccc2Br)n(CC)n1. The molecule has 3 nitrogen and oxygen atoms in total. The van der Waals surface area contributed by atoms with Crippen molar-refractivity contribution < 1.29 is 9.13 Å². The third-order valence-corrected chi connectivity index (χ3v) is 3.50. The van der Waals surface area contributed by atoms with Crippen LogP contribution in [0.4, 0.5) is 4.39 Å². The van der Waals surface area contributed by atoms with E-state index < -0.39 is 0 Å². The summed E-state index contributed by atoms with van der Waals surface area (Å²) in [5.74, 6) is 0.193. The van der Waals surface area contributed by atoms with Gasteiger partial charge in [0.25, 0.3) is 0 Å². The van der Waals surface area contributed by atoms with E-state index >= 15 is 0 Å². The van der Waals surface area contributed by atoms with E-state index in [2.05, 4.69) is 28.0 Å². The molecule has 0 saturated carbocycles. The molecule has 1 aromatic carbocycles. The summed E-state index contributed by atoms with van der Waals surface area (Å²) in [7, 11) is 0.